The fourth-order valence-corrected chi connectivity index (χ4v) is 1.36. The van der Waals surface area contributed by atoms with Crippen molar-refractivity contribution in [2.24, 2.45) is 11.3 Å². The van der Waals surface area contributed by atoms with Gasteiger partial charge >= 0.3 is 0 Å². The third-order valence-electron chi connectivity index (χ3n) is 3.00. The van der Waals surface area contributed by atoms with Gasteiger partial charge in [-0.1, -0.05) is 32.4 Å². The van der Waals surface area contributed by atoms with Gasteiger partial charge in [-0.15, -0.1) is 0 Å². The fourth-order valence-electron chi connectivity index (χ4n) is 1.36. The molecule has 0 radical (unpaired) electrons. The van der Waals surface area contributed by atoms with E-state index < -0.39 is 0 Å². The maximum atomic E-state index is 2.49. The molecule has 0 spiro atoms. The summed E-state index contributed by atoms with van der Waals surface area (Å²) >= 11 is 0. The minimum atomic E-state index is 0.591. The van der Waals surface area contributed by atoms with Crippen LogP contribution in [0.2, 0.25) is 0 Å². The first-order chi connectivity index (χ1) is 5.07. The standard InChI is InChI=1S/C11H20/c1-5-9(2)10(3)8-11(4)6-7-11/h8-9H,5-7H2,1-4H3. The Morgan fingerprint density at radius 2 is 2.09 bits per heavy atom. The topological polar surface area (TPSA) is 0 Å². The minimum Gasteiger partial charge on any atom is -0.0794 e. The molecule has 0 amide bonds. The summed E-state index contributed by atoms with van der Waals surface area (Å²) in [6.07, 6.45) is 6.57. The lowest BCUT2D eigenvalue weighted by molar-refractivity contribution is 0.631. The van der Waals surface area contributed by atoms with E-state index in [1.165, 1.54) is 19.3 Å². The van der Waals surface area contributed by atoms with Crippen molar-refractivity contribution < 1.29 is 0 Å². The van der Waals surface area contributed by atoms with Gasteiger partial charge in [-0.25, -0.2) is 0 Å². The largest absolute Gasteiger partial charge is 0.0794 e. The van der Waals surface area contributed by atoms with E-state index in [0.717, 1.165) is 5.92 Å². The summed E-state index contributed by atoms with van der Waals surface area (Å²) in [5, 5.41) is 0. The van der Waals surface area contributed by atoms with E-state index in [1.54, 1.807) is 5.57 Å². The Kier molecular flexibility index (Phi) is 2.41. The molecule has 0 aliphatic heterocycles. The molecule has 11 heavy (non-hydrogen) atoms. The van der Waals surface area contributed by atoms with Crippen molar-refractivity contribution in [3.63, 3.8) is 0 Å². The van der Waals surface area contributed by atoms with E-state index in [4.69, 9.17) is 0 Å². The molecule has 0 aromatic rings. The zero-order valence-electron chi connectivity index (χ0n) is 8.28. The minimum absolute atomic E-state index is 0.591. The van der Waals surface area contributed by atoms with E-state index in [0.29, 0.717) is 5.41 Å². The van der Waals surface area contributed by atoms with Gasteiger partial charge in [0, 0.05) is 0 Å². The first kappa shape index (κ1) is 8.83. The van der Waals surface area contributed by atoms with Gasteiger partial charge in [0.2, 0.25) is 0 Å². The van der Waals surface area contributed by atoms with E-state index >= 15 is 0 Å². The lowest BCUT2D eigenvalue weighted by Crippen LogP contribution is -1.97. The van der Waals surface area contributed by atoms with E-state index in [1.807, 2.05) is 0 Å². The first-order valence-corrected chi connectivity index (χ1v) is 4.77. The molecule has 1 aliphatic carbocycles. The van der Waals surface area contributed by atoms with Gasteiger partial charge in [-0.2, -0.15) is 0 Å². The number of rotatable bonds is 3. The molecule has 1 atom stereocenters. The highest BCUT2D eigenvalue weighted by molar-refractivity contribution is 5.14. The van der Waals surface area contributed by atoms with E-state index in [9.17, 15) is 0 Å². The van der Waals surface area contributed by atoms with Gasteiger partial charge < -0.3 is 0 Å². The molecule has 0 heterocycles. The highest BCUT2D eigenvalue weighted by Gasteiger charge is 2.34. The summed E-state index contributed by atoms with van der Waals surface area (Å²) < 4.78 is 0. The molecule has 1 saturated carbocycles. The van der Waals surface area contributed by atoms with Crippen molar-refractivity contribution in [2.75, 3.05) is 0 Å². The SMILES string of the molecule is CCC(C)C(C)=CC1(C)CC1. The van der Waals surface area contributed by atoms with Crippen LogP contribution in [0.25, 0.3) is 0 Å². The van der Waals surface area contributed by atoms with Crippen LogP contribution in [0.5, 0.6) is 0 Å². The van der Waals surface area contributed by atoms with Crippen LogP contribution < -0.4 is 0 Å². The summed E-state index contributed by atoms with van der Waals surface area (Å²) in [7, 11) is 0. The van der Waals surface area contributed by atoms with Crippen LogP contribution >= 0.6 is 0 Å². The predicted molar refractivity (Wildman–Crippen MR) is 50.6 cm³/mol. The lowest BCUT2D eigenvalue weighted by Gasteiger charge is -2.11. The Bertz CT molecular complexity index is 161. The molecule has 0 heteroatoms. The van der Waals surface area contributed by atoms with Crippen molar-refractivity contribution >= 4 is 0 Å². The van der Waals surface area contributed by atoms with E-state index in [-0.39, 0.29) is 0 Å². The second-order valence-corrected chi connectivity index (χ2v) is 4.35. The molecule has 0 bridgehead atoms. The summed E-state index contributed by atoms with van der Waals surface area (Å²) in [5.41, 5.74) is 2.18. The Hall–Kier alpha value is -0.260. The Labute approximate surface area is 70.7 Å². The molecule has 0 aromatic carbocycles. The quantitative estimate of drug-likeness (QED) is 0.540. The zero-order chi connectivity index (χ0) is 8.48. The highest BCUT2D eigenvalue weighted by atomic mass is 14.4. The summed E-state index contributed by atoms with van der Waals surface area (Å²) in [5.74, 6) is 0.785. The fraction of sp³-hybridized carbons (Fsp3) is 0.818. The van der Waals surface area contributed by atoms with Crippen LogP contribution in [0.3, 0.4) is 0 Å². The van der Waals surface area contributed by atoms with Crippen molar-refractivity contribution in [3.8, 4) is 0 Å². The molecule has 0 N–H and O–H groups in total. The van der Waals surface area contributed by atoms with Crippen molar-refractivity contribution in [1.29, 1.82) is 0 Å². The predicted octanol–water partition coefficient (Wildman–Crippen LogP) is 3.78. The smallest absolute Gasteiger partial charge is 0.0143 e. The molecule has 1 aliphatic rings. The first-order valence-electron chi connectivity index (χ1n) is 4.77. The molecular formula is C11H20. The average Bonchev–Trinajstić information content (AvgIpc) is 2.66. The molecule has 0 aromatic heterocycles. The summed E-state index contributed by atoms with van der Waals surface area (Å²) in [4.78, 5) is 0. The van der Waals surface area contributed by atoms with Crippen LogP contribution in [0.15, 0.2) is 11.6 Å². The monoisotopic (exact) mass is 152 g/mol. The van der Waals surface area contributed by atoms with Gasteiger partial charge in [0.25, 0.3) is 0 Å². The Morgan fingerprint density at radius 1 is 1.55 bits per heavy atom. The van der Waals surface area contributed by atoms with Gasteiger partial charge in [0.15, 0.2) is 0 Å². The second kappa shape index (κ2) is 3.00. The molecule has 1 fully saturated rings. The molecule has 1 unspecified atom stereocenters. The third-order valence-corrected chi connectivity index (χ3v) is 3.00. The Morgan fingerprint density at radius 3 is 2.45 bits per heavy atom. The molecule has 1 rings (SSSR count). The van der Waals surface area contributed by atoms with Crippen LogP contribution in [0.1, 0.15) is 47.0 Å². The maximum Gasteiger partial charge on any atom is -0.0143 e. The van der Waals surface area contributed by atoms with Crippen LogP contribution in [0, 0.1) is 11.3 Å². The van der Waals surface area contributed by atoms with Crippen LogP contribution in [0.4, 0.5) is 0 Å². The van der Waals surface area contributed by atoms with Crippen molar-refractivity contribution in [2.45, 2.75) is 47.0 Å². The Balaban J connectivity index is 2.51. The lowest BCUT2D eigenvalue weighted by atomic mass is 9.95. The maximum absolute atomic E-state index is 2.49. The highest BCUT2D eigenvalue weighted by Crippen LogP contribution is 2.47. The van der Waals surface area contributed by atoms with Gasteiger partial charge in [-0.05, 0) is 37.5 Å². The number of allylic oxidation sites excluding steroid dienone is 2. The number of hydrogen-bond acceptors (Lipinski definition) is 0. The average molecular weight is 152 g/mol. The second-order valence-electron chi connectivity index (χ2n) is 4.35. The third kappa shape index (κ3) is 2.36. The number of hydrogen-bond donors (Lipinski definition) is 0. The van der Waals surface area contributed by atoms with Gasteiger partial charge in [0.05, 0.1) is 0 Å². The summed E-state index contributed by atoms with van der Waals surface area (Å²) in [6.45, 7) is 9.21. The van der Waals surface area contributed by atoms with Crippen LogP contribution in [-0.2, 0) is 0 Å². The van der Waals surface area contributed by atoms with Crippen molar-refractivity contribution in [3.05, 3.63) is 11.6 Å². The normalized spacial score (nSPS) is 24.9. The van der Waals surface area contributed by atoms with Crippen LogP contribution in [-0.4, -0.2) is 0 Å². The van der Waals surface area contributed by atoms with Gasteiger partial charge in [0.1, 0.15) is 0 Å². The molecule has 64 valence electrons. The molecule has 0 saturated heterocycles. The zero-order valence-corrected chi connectivity index (χ0v) is 8.28. The molecule has 0 nitrogen and oxygen atoms in total. The summed E-state index contributed by atoms with van der Waals surface area (Å²) in [6, 6.07) is 0. The molecular weight excluding hydrogens is 132 g/mol. The van der Waals surface area contributed by atoms with Crippen molar-refractivity contribution in [1.82, 2.24) is 0 Å². The van der Waals surface area contributed by atoms with Gasteiger partial charge in [-0.3, -0.25) is 0 Å². The van der Waals surface area contributed by atoms with E-state index in [2.05, 4.69) is 33.8 Å².